The molecule has 1 heterocycles. The minimum Gasteiger partial charge on any atom is -0.438 e. The van der Waals surface area contributed by atoms with Gasteiger partial charge in [0.15, 0.2) is 23.3 Å². The van der Waals surface area contributed by atoms with E-state index < -0.39 is 35.1 Å². The maximum atomic E-state index is 14.8. The van der Waals surface area contributed by atoms with Gasteiger partial charge in [0.2, 0.25) is 0 Å². The van der Waals surface area contributed by atoms with E-state index in [1.807, 2.05) is 40.0 Å². The Balaban J connectivity index is 0.00000323. The van der Waals surface area contributed by atoms with E-state index in [9.17, 15) is 14.7 Å². The molecule has 39 heavy (non-hydrogen) atoms. The van der Waals surface area contributed by atoms with E-state index in [4.69, 9.17) is 14.2 Å². The molecular weight excluding hydrogens is 494 g/mol. The second-order valence-electron chi connectivity index (χ2n) is 14.5. The van der Waals surface area contributed by atoms with E-state index in [1.165, 1.54) is 12.8 Å². The second-order valence-corrected chi connectivity index (χ2v) is 14.5. The van der Waals surface area contributed by atoms with Crippen LogP contribution in [0.5, 0.6) is 0 Å². The summed E-state index contributed by atoms with van der Waals surface area (Å²) in [5.74, 6) is -0.778. The summed E-state index contributed by atoms with van der Waals surface area (Å²) in [6.45, 7) is 12.5. The quantitative estimate of drug-likeness (QED) is 0.357. The Bertz CT molecular complexity index is 1120. The molecule has 7 heteroatoms. The first-order chi connectivity index (χ1) is 18.3. The van der Waals surface area contributed by atoms with Gasteiger partial charge >= 0.3 is 6.09 Å². The van der Waals surface area contributed by atoms with E-state index in [0.717, 1.165) is 43.3 Å². The van der Waals surface area contributed by atoms with Gasteiger partial charge in [-0.2, -0.15) is 0 Å². The molecule has 1 spiro atoms. The molecule has 0 aromatic carbocycles. The van der Waals surface area contributed by atoms with Crippen molar-refractivity contribution in [3.63, 3.8) is 0 Å². The molecule has 4 fully saturated rings. The van der Waals surface area contributed by atoms with Crippen molar-refractivity contribution < 1.29 is 30.3 Å². The van der Waals surface area contributed by atoms with Crippen molar-refractivity contribution in [3.05, 3.63) is 23.3 Å². The fourth-order valence-corrected chi connectivity index (χ4v) is 9.28. The number of ketones is 1. The molecule has 1 aliphatic heterocycles. The Hall–Kier alpha value is -1.70. The summed E-state index contributed by atoms with van der Waals surface area (Å²) in [6, 6.07) is 0.120. The molecule has 1 N–H and O–H groups in total. The lowest BCUT2D eigenvalue weighted by molar-refractivity contribution is -0.303. The van der Waals surface area contributed by atoms with Gasteiger partial charge in [-0.3, -0.25) is 4.79 Å². The molecule has 5 aliphatic carbocycles. The maximum Gasteiger partial charge on any atom is 0.410 e. The number of carbonyl (C=O) groups excluding carboxylic acids is 2. The minimum atomic E-state index is -1.77. The lowest BCUT2D eigenvalue weighted by Crippen LogP contribution is -2.68. The normalized spacial score (nSPS) is 44.4. The first kappa shape index (κ1) is 27.5. The molecule has 0 aromatic rings. The summed E-state index contributed by atoms with van der Waals surface area (Å²) >= 11 is 0. The highest BCUT2D eigenvalue weighted by molar-refractivity contribution is 5.95. The Morgan fingerprint density at radius 2 is 1.82 bits per heavy atom. The zero-order chi connectivity index (χ0) is 28.1. The van der Waals surface area contributed by atoms with E-state index in [0.29, 0.717) is 5.92 Å². The van der Waals surface area contributed by atoms with Crippen molar-refractivity contribution in [2.24, 2.45) is 34.5 Å². The second kappa shape index (κ2) is 8.90. The predicted octanol–water partition coefficient (Wildman–Crippen LogP) is 5.66. The maximum absolute atomic E-state index is 14.8. The van der Waals surface area contributed by atoms with Crippen LogP contribution in [0.25, 0.3) is 0 Å². The zero-order valence-electron chi connectivity index (χ0n) is 24.8. The molecule has 1 saturated heterocycles. The predicted molar refractivity (Wildman–Crippen MR) is 149 cm³/mol. The molecule has 1 amide bonds. The summed E-state index contributed by atoms with van der Waals surface area (Å²) < 4.78 is 18.9. The molecule has 0 unspecified atom stereocenters. The fourth-order valence-electron chi connectivity index (χ4n) is 9.28. The zero-order valence-corrected chi connectivity index (χ0v) is 24.8. The number of ether oxygens (including phenoxy) is 3. The van der Waals surface area contributed by atoms with E-state index in [1.54, 1.807) is 4.90 Å². The van der Waals surface area contributed by atoms with Crippen LogP contribution in [-0.2, 0) is 19.0 Å². The first-order valence-corrected chi connectivity index (χ1v) is 15.2. The van der Waals surface area contributed by atoms with Gasteiger partial charge in [0.05, 0.1) is 12.0 Å². The van der Waals surface area contributed by atoms with Gasteiger partial charge < -0.3 is 24.2 Å². The van der Waals surface area contributed by atoms with Crippen LogP contribution >= 0.6 is 0 Å². The van der Waals surface area contributed by atoms with Crippen molar-refractivity contribution in [2.45, 2.75) is 116 Å². The topological polar surface area (TPSA) is 85.3 Å². The summed E-state index contributed by atoms with van der Waals surface area (Å²) in [6.07, 6.45) is 9.08. The molecule has 7 nitrogen and oxygen atoms in total. The van der Waals surface area contributed by atoms with Crippen molar-refractivity contribution in [3.8, 4) is 0 Å². The molecular formula is C32H49NO6. The number of rotatable bonds is 2. The number of Topliss-reactive ketones (excluding diaryl/α,β-unsaturated/α-hetero) is 1. The van der Waals surface area contributed by atoms with Crippen molar-refractivity contribution in [1.29, 1.82) is 0 Å². The van der Waals surface area contributed by atoms with Gasteiger partial charge in [-0.15, -0.1) is 0 Å². The van der Waals surface area contributed by atoms with Gasteiger partial charge in [0, 0.05) is 20.4 Å². The van der Waals surface area contributed by atoms with Crippen molar-refractivity contribution in [2.75, 3.05) is 13.7 Å². The molecule has 218 valence electrons. The molecule has 3 saturated carbocycles. The number of carbonyl (C=O) groups is 2. The van der Waals surface area contributed by atoms with Crippen LogP contribution in [0.15, 0.2) is 23.3 Å². The highest BCUT2D eigenvalue weighted by Crippen LogP contribution is 2.72. The number of aliphatic hydroxyl groups is 1. The monoisotopic (exact) mass is 543 g/mol. The number of nitrogens with zero attached hydrogens (tertiary/aromatic N) is 1. The summed E-state index contributed by atoms with van der Waals surface area (Å²) in [5.41, 5.74) is -1.41. The number of amides is 1. The lowest BCUT2D eigenvalue weighted by Gasteiger charge is -2.52. The average molecular weight is 544 g/mol. The van der Waals surface area contributed by atoms with Crippen LogP contribution < -0.4 is 0 Å². The van der Waals surface area contributed by atoms with Gasteiger partial charge in [0.25, 0.3) is 0 Å². The smallest absolute Gasteiger partial charge is 0.410 e. The third-order valence-electron chi connectivity index (χ3n) is 11.5. The highest BCUT2D eigenvalue weighted by atomic mass is 16.7. The Kier molecular flexibility index (Phi) is 6.27. The summed E-state index contributed by atoms with van der Waals surface area (Å²) in [4.78, 5) is 30.2. The summed E-state index contributed by atoms with van der Waals surface area (Å²) in [7, 11) is 1.81. The summed E-state index contributed by atoms with van der Waals surface area (Å²) in [5, 5.41) is 13.1. The molecule has 6 rings (SSSR count). The Labute approximate surface area is 234 Å². The third-order valence-corrected chi connectivity index (χ3v) is 11.5. The molecule has 8 atom stereocenters. The van der Waals surface area contributed by atoms with Crippen molar-refractivity contribution >= 4 is 11.9 Å². The Morgan fingerprint density at radius 1 is 1.15 bits per heavy atom. The van der Waals surface area contributed by atoms with Gasteiger partial charge in [-0.25, -0.2) is 4.79 Å². The SMILES string of the molecule is CC1=C[C@]23C(=O)[C@@H](C=C4COC(C)(C)O[C@H]4[C@]2(O)[C@H]1OC(=O)N(C)C1CCCCCC1)[C@H]1[C@@H](C[C@H]3C)C1(C)C.[HH]. The average Bonchev–Trinajstić information content (AvgIpc) is 3.48. The van der Waals surface area contributed by atoms with Gasteiger partial charge in [-0.05, 0) is 74.3 Å². The fraction of sp³-hybridized carbons (Fsp3) is 0.812. The van der Waals surface area contributed by atoms with Gasteiger partial charge in [0.1, 0.15) is 6.10 Å². The van der Waals surface area contributed by atoms with Crippen molar-refractivity contribution in [1.82, 2.24) is 4.90 Å². The molecule has 0 radical (unpaired) electrons. The highest BCUT2D eigenvalue weighted by Gasteiger charge is 2.77. The molecule has 2 bridgehead atoms. The van der Waals surface area contributed by atoms with Crippen LogP contribution in [0.1, 0.15) is 87.9 Å². The lowest BCUT2D eigenvalue weighted by atomic mass is 9.59. The van der Waals surface area contributed by atoms with E-state index >= 15 is 0 Å². The molecule has 6 aliphatic rings. The number of hydrogen-bond acceptors (Lipinski definition) is 6. The van der Waals surface area contributed by atoms with E-state index in [2.05, 4.69) is 20.8 Å². The largest absolute Gasteiger partial charge is 0.438 e. The molecule has 0 aromatic heterocycles. The van der Waals surface area contributed by atoms with Crippen LogP contribution in [0.4, 0.5) is 4.79 Å². The van der Waals surface area contributed by atoms with E-state index in [-0.39, 0.29) is 43.0 Å². The van der Waals surface area contributed by atoms with Crippen LogP contribution in [0, 0.1) is 34.5 Å². The number of hydrogen-bond donors (Lipinski definition) is 1. The number of fused-ring (bicyclic) bond motifs is 5. The number of allylic oxidation sites excluding steroid dienone is 1. The first-order valence-electron chi connectivity index (χ1n) is 15.2. The van der Waals surface area contributed by atoms with Crippen LogP contribution in [-0.4, -0.2) is 65.2 Å². The van der Waals surface area contributed by atoms with Crippen LogP contribution in [0.2, 0.25) is 0 Å². The minimum absolute atomic E-state index is 0. The third kappa shape index (κ3) is 3.78. The standard InChI is InChI=1S/C32H47NO6.H2/c1-18-16-31-19(2)14-23-24(29(23,3)4)22(25(31)34)15-20-17-37-30(5,6)39-27(20)32(31,36)26(18)38-28(35)33(7)21-12-10-8-9-11-13-21;/h15-16,19,21-24,26-27,36H,8-14,17H2,1-7H3;1H/t19-,22+,23-,24+,26+,27-,31+,32-;/m1./s1. The van der Waals surface area contributed by atoms with Gasteiger partial charge in [-0.1, -0.05) is 58.6 Å². The Morgan fingerprint density at radius 3 is 2.49 bits per heavy atom. The van der Waals surface area contributed by atoms with Crippen LogP contribution in [0.3, 0.4) is 0 Å².